The van der Waals surface area contributed by atoms with Gasteiger partial charge in [-0.05, 0) is 179 Å². The van der Waals surface area contributed by atoms with E-state index in [2.05, 4.69) is 153 Å². The molecule has 4 saturated heterocycles. The van der Waals surface area contributed by atoms with Crippen molar-refractivity contribution in [2.45, 2.75) is 310 Å². The second-order valence-corrected chi connectivity index (χ2v) is 42.3. The zero-order chi connectivity index (χ0) is 92.2. The predicted molar refractivity (Wildman–Crippen MR) is 485 cm³/mol. The van der Waals surface area contributed by atoms with Gasteiger partial charge < -0.3 is 73.3 Å². The molecule has 40 heteroatoms. The topological polar surface area (TPSA) is 338 Å². The molecule has 4 aliphatic heterocycles. The van der Waals surface area contributed by atoms with E-state index in [-0.39, 0.29) is 233 Å². The zero-order valence-corrected chi connectivity index (χ0v) is 103. The Hall–Kier alpha value is 1.88. The Morgan fingerprint density at radius 1 is 0.637 bits per heavy atom. The summed E-state index contributed by atoms with van der Waals surface area (Å²) in [5, 5.41) is 31.4. The number of aliphatic hydroxyl groups excluding tert-OH is 4. The predicted octanol–water partition coefficient (Wildman–Crippen LogP) is 15.6. The van der Waals surface area contributed by atoms with Crippen LogP contribution in [0.3, 0.4) is 0 Å². The van der Waals surface area contributed by atoms with E-state index >= 15 is 0 Å². The Kier molecular flexibility index (Phi) is 67.7. The first-order chi connectivity index (χ1) is 58.3. The van der Waals surface area contributed by atoms with Crippen molar-refractivity contribution < 1.29 is 235 Å². The first kappa shape index (κ1) is 122. The molecule has 124 heavy (non-hydrogen) atoms. The minimum atomic E-state index is -1.81. The van der Waals surface area contributed by atoms with Crippen molar-refractivity contribution in [1.82, 2.24) is 39.1 Å². The number of nitrogens with one attached hydrogen (secondary N) is 4. The summed E-state index contributed by atoms with van der Waals surface area (Å²) in [4.78, 5) is 75.9. The normalized spacial score (nSPS) is 20.7. The molecule has 0 spiro atoms. The smallest absolute Gasteiger partial charge is 0.330 e. The summed E-state index contributed by atoms with van der Waals surface area (Å²) < 4.78 is 101. The van der Waals surface area contributed by atoms with Crippen molar-refractivity contribution in [3.8, 4) is 0 Å². The van der Waals surface area contributed by atoms with Crippen LogP contribution >= 0.6 is 70.4 Å². The fraction of sp³-hybridized carbons (Fsp3) is 0.738. The molecule has 6 heterocycles. The Bertz CT molecular complexity index is 3800. The molecule has 0 saturated carbocycles. The molecule has 4 unspecified atom stereocenters. The zero-order valence-electron chi connectivity index (χ0n) is 80.4. The molecule has 0 bridgehead atoms. The van der Waals surface area contributed by atoms with Crippen LogP contribution in [0.1, 0.15) is 252 Å². The number of rotatable bonds is 41. The van der Waals surface area contributed by atoms with Crippen LogP contribution in [0.15, 0.2) is 92.2 Å². The second-order valence-electron chi connectivity index (χ2n) is 31.8. The Balaban J connectivity index is -0.00000186. The third-order valence-electron chi connectivity index (χ3n) is 20.5. The molecular formula is C84H144ClFN8O19P2S4U5. The molecule has 8 N–H and O–H groups in total. The SMILES string of the molecule is CC(C)N(C(C)C)P(C)Cl.CCC1(CC)COC(c2ccc(CNC(=O)CCC(C)(C)SSCCCCO)cc2)OC1.[2H]C[C@H]1O[C@@H](n2ccc(=O)[nH]c2=O)C(F)[C@H]1O.[2H]C[C@H]1O[C@@H](n2ccc(=O)[nH]c2=O)C(OC)[C@H]1OP(OCCCCSSC(C)(C)CCC(=O)NCc1ccc(C2OCC(CC)(CC)CO2)cc1)N(C(C)C)C(C)C.[3H]OC.[3H]OC.[U].[U].[U].[U].[U]. The van der Waals surface area contributed by atoms with Gasteiger partial charge in [0, 0.05) is 304 Å². The van der Waals surface area contributed by atoms with Gasteiger partial charge >= 0.3 is 11.4 Å². The third-order valence-corrected chi connectivity index (χ3v) is 31.6. The standard InChI is InChI=1S/C41H67N4O9PS2.C25H41NO4S2.C9H11FN2O4.C7H17ClNP.2CH4O.5U/c1-11-41(12-2)26-50-38(51-27-41)32-17-15-31(16-18-32)25-42-33(46)19-21-40(8,9)57-56-24-14-13-23-52-55(45(28(3)4)29(5)6)54-35-30(7)53-37(36(35)49-10)44-22-20-34(47)43-39(44)48;1-5-25(6-2)18-29-23(30-19-25)21-11-9-20(10-12-21)17-26-22(28)13-14-24(3,4)32-31-16-8-7-15-27;1-4-7(14)6(10)8(16-4)12-3-2-5(13)11-9(12)15;1-6(2)9(7(3)4)10(5)8;2*1-2;;;;;/h15-18,20,22,28-30,35-38H,11-14,19,21,23-27H2,1-10H3,(H,42,46)(H,43,47,48);9-12,23,27H,5-8,13-19H2,1-4H3,(H,26,28);2-4,6-8,14H,1H3,(H,11,13,15);6-7H,1-5H3;2*2H,1H3;;;;;/t30-,35+,36?,37-,55?;;4-,6?,7+,8-;;;;;;;;/m1.1......../s1/i7D;;1D;;2*2T;;;;;. The van der Waals surface area contributed by atoms with Crippen LogP contribution in [0.25, 0.3) is 0 Å². The Labute approximate surface area is 885 Å². The number of hydrogen-bond donors (Lipinski definition) is 8. The fourth-order valence-corrected chi connectivity index (χ4v) is 22.6. The van der Waals surface area contributed by atoms with E-state index in [4.69, 9.17) is 64.2 Å². The molecule has 27 nitrogen and oxygen atoms in total. The molecule has 4 fully saturated rings. The first-order valence-electron chi connectivity index (χ1n) is 43.4. The van der Waals surface area contributed by atoms with Crippen molar-refractivity contribution in [3.63, 3.8) is 0 Å². The number of carbonyl (C=O) groups excluding carboxylic acids is 2. The molecular weight excluding hydrogens is 2860 g/mol. The number of H-pyrrole nitrogens is 2. The molecule has 0 aliphatic carbocycles. The Morgan fingerprint density at radius 2 is 1.02 bits per heavy atom. The van der Waals surface area contributed by atoms with Crippen LogP contribution in [0.2, 0.25) is 0 Å². The second kappa shape index (κ2) is 68.8. The molecule has 10 atom stereocenters. The summed E-state index contributed by atoms with van der Waals surface area (Å²) in [6.07, 6.45) is 3.76. The van der Waals surface area contributed by atoms with Gasteiger partial charge in [-0.15, -0.1) is 0 Å². The van der Waals surface area contributed by atoms with Crippen molar-refractivity contribution >= 4 is 82.2 Å². The quantitative estimate of drug-likeness (QED) is 0.0116. The molecule has 2 aromatic carbocycles. The van der Waals surface area contributed by atoms with E-state index in [1.807, 2.05) is 96.7 Å². The molecule has 2 amide bonds. The number of hydrogen-bond acceptors (Lipinski definition) is 25. The van der Waals surface area contributed by atoms with Crippen molar-refractivity contribution in [1.29, 1.82) is 2.86 Å². The van der Waals surface area contributed by atoms with Gasteiger partial charge in [0.2, 0.25) is 14.7 Å². The average molecular weight is 3010 g/mol. The summed E-state index contributed by atoms with van der Waals surface area (Å²) in [5.74, 6) is 2.10. The van der Waals surface area contributed by atoms with E-state index in [0.29, 0.717) is 57.8 Å². The number of aromatic amines is 2. The van der Waals surface area contributed by atoms with Crippen LogP contribution in [0, 0.1) is 166 Å². The van der Waals surface area contributed by atoms with Crippen LogP contribution in [-0.2, 0) is 64.9 Å². The third kappa shape index (κ3) is 45.4. The number of aliphatic hydroxyl groups is 4. The monoisotopic (exact) mass is 3010 g/mol. The maximum Gasteiger partial charge on any atom is 0.330 e. The number of benzene rings is 2. The van der Waals surface area contributed by atoms with Crippen molar-refractivity contribution in [2.24, 2.45) is 10.8 Å². The van der Waals surface area contributed by atoms with Crippen LogP contribution in [-0.4, -0.2) is 213 Å². The summed E-state index contributed by atoms with van der Waals surface area (Å²) in [6.45, 7) is 40.9. The average Bonchev–Trinajstić information content (AvgIpc) is 1.66. The molecule has 2 aromatic heterocycles. The number of amides is 2. The minimum absolute atomic E-state index is 0. The van der Waals surface area contributed by atoms with Gasteiger partial charge in [-0.25, -0.2) is 18.6 Å². The number of methoxy groups -OCH3 is 1. The first-order valence-corrected chi connectivity index (χ1v) is 49.6. The number of aromatic nitrogens is 4. The van der Waals surface area contributed by atoms with E-state index in [0.717, 1.165) is 128 Å². The van der Waals surface area contributed by atoms with Crippen molar-refractivity contribution in [2.75, 3.05) is 79.1 Å². The number of halogens is 2. The summed E-state index contributed by atoms with van der Waals surface area (Å²) in [6, 6.07) is 19.9. The number of ether oxygens (including phenoxy) is 7. The molecule has 0 radical (unpaired) electrons. The summed E-state index contributed by atoms with van der Waals surface area (Å²) in [7, 11) is 9.38. The van der Waals surface area contributed by atoms with Gasteiger partial charge in [0.05, 0.1) is 52.7 Å². The van der Waals surface area contributed by atoms with Gasteiger partial charge in [0.15, 0.2) is 31.2 Å². The van der Waals surface area contributed by atoms with E-state index < -0.39 is 87.6 Å². The van der Waals surface area contributed by atoms with E-state index in [1.54, 1.807) is 0 Å². The maximum absolute atomic E-state index is 13.7. The minimum Gasteiger partial charge on any atom is -0.400 e. The van der Waals surface area contributed by atoms with Crippen molar-refractivity contribution in [3.05, 3.63) is 137 Å². The van der Waals surface area contributed by atoms with Crippen LogP contribution in [0.5, 0.6) is 0 Å². The summed E-state index contributed by atoms with van der Waals surface area (Å²) >= 11 is 6.02. The van der Waals surface area contributed by atoms with E-state index in [1.165, 1.54) is 38.2 Å². The van der Waals surface area contributed by atoms with Gasteiger partial charge in [0.1, 0.15) is 18.3 Å². The number of alkyl halides is 1. The van der Waals surface area contributed by atoms with Gasteiger partial charge in [0.25, 0.3) is 19.6 Å². The van der Waals surface area contributed by atoms with E-state index in [9.17, 15) is 38.3 Å². The molecule has 8 rings (SSSR count). The van der Waals surface area contributed by atoms with Gasteiger partial charge in [-0.3, -0.25) is 43.0 Å². The van der Waals surface area contributed by atoms with Crippen LogP contribution < -0.4 is 33.1 Å². The number of carbonyl (C=O) groups is 2. The summed E-state index contributed by atoms with van der Waals surface area (Å²) in [5.41, 5.74) is 1.84. The number of nitrogens with zero attached hydrogens (tertiary/aromatic N) is 4. The van der Waals surface area contributed by atoms with Crippen LogP contribution in [0.4, 0.5) is 4.39 Å². The van der Waals surface area contributed by atoms with Gasteiger partial charge in [-0.1, -0.05) is 131 Å². The largest absolute Gasteiger partial charge is 0.400 e. The number of unbranched alkanes of at least 4 members (excludes halogenated alkanes) is 2. The molecule has 4 aromatic rings. The fourth-order valence-electron chi connectivity index (χ4n) is 13.0. The Morgan fingerprint density at radius 3 is 1.35 bits per heavy atom. The molecule has 4 aliphatic rings. The maximum atomic E-state index is 13.7. The molecule has 702 valence electrons. The van der Waals surface area contributed by atoms with Gasteiger partial charge in [-0.2, -0.15) is 0 Å².